The van der Waals surface area contributed by atoms with Crippen LogP contribution in [0.4, 0.5) is 18.9 Å². The zero-order chi connectivity index (χ0) is 27.2. The van der Waals surface area contributed by atoms with Crippen molar-refractivity contribution in [1.82, 2.24) is 0 Å². The van der Waals surface area contributed by atoms with E-state index in [2.05, 4.69) is 4.74 Å². The highest BCUT2D eigenvalue weighted by Crippen LogP contribution is 2.43. The van der Waals surface area contributed by atoms with E-state index in [0.717, 1.165) is 17.0 Å². The number of benzene rings is 3. The number of ketones is 1. The Morgan fingerprint density at radius 3 is 2.32 bits per heavy atom. The first-order chi connectivity index (χ1) is 18.1. The summed E-state index contributed by atoms with van der Waals surface area (Å²) in [7, 11) is 1.44. The molecule has 1 aliphatic heterocycles. The summed E-state index contributed by atoms with van der Waals surface area (Å²) in [6, 6.07) is 15.3. The number of methoxy groups -OCH3 is 1. The Morgan fingerprint density at radius 2 is 1.68 bits per heavy atom. The number of ether oxygens (including phenoxy) is 2. The van der Waals surface area contributed by atoms with E-state index in [1.165, 1.54) is 49.6 Å². The Morgan fingerprint density at radius 1 is 1.00 bits per heavy atom. The first-order valence-corrected chi connectivity index (χ1v) is 11.1. The Kier molecular flexibility index (Phi) is 5.98. The van der Waals surface area contributed by atoms with E-state index in [-0.39, 0.29) is 22.8 Å². The predicted octanol–water partition coefficient (Wildman–Crippen LogP) is 5.83. The van der Waals surface area contributed by atoms with Crippen LogP contribution in [0.5, 0.6) is 17.2 Å². The fourth-order valence-electron chi connectivity index (χ4n) is 4.33. The average Bonchev–Trinajstić information content (AvgIpc) is 3.43. The number of fused-ring (bicyclic) bond motifs is 1. The topological polar surface area (TPSA) is 109 Å². The minimum atomic E-state index is -4.91. The van der Waals surface area contributed by atoms with E-state index in [0.29, 0.717) is 22.3 Å². The minimum Gasteiger partial charge on any atom is -0.508 e. The van der Waals surface area contributed by atoms with Gasteiger partial charge in [-0.25, -0.2) is 0 Å². The number of hydrogen-bond donors (Lipinski definition) is 2. The third-order valence-corrected chi connectivity index (χ3v) is 5.96. The minimum absolute atomic E-state index is 0.0799. The van der Waals surface area contributed by atoms with E-state index in [1.807, 2.05) is 0 Å². The molecule has 4 aromatic rings. The van der Waals surface area contributed by atoms with Crippen LogP contribution in [0.25, 0.3) is 11.0 Å². The Hall–Kier alpha value is -4.93. The number of phenols is 1. The third kappa shape index (κ3) is 4.38. The van der Waals surface area contributed by atoms with Crippen molar-refractivity contribution in [3.05, 3.63) is 95.5 Å². The van der Waals surface area contributed by atoms with Gasteiger partial charge in [0.15, 0.2) is 22.9 Å². The van der Waals surface area contributed by atoms with E-state index < -0.39 is 35.6 Å². The lowest BCUT2D eigenvalue weighted by Crippen LogP contribution is -2.31. The van der Waals surface area contributed by atoms with Gasteiger partial charge in [-0.2, -0.15) is 0 Å². The highest BCUT2D eigenvalue weighted by molar-refractivity contribution is 6.20. The third-order valence-electron chi connectivity index (χ3n) is 5.96. The summed E-state index contributed by atoms with van der Waals surface area (Å²) in [5.74, 6) is -2.98. The number of aliphatic hydroxyl groups is 1. The van der Waals surface area contributed by atoms with Crippen LogP contribution in [0.2, 0.25) is 0 Å². The summed E-state index contributed by atoms with van der Waals surface area (Å²) in [6.07, 6.45) is -4.91. The van der Waals surface area contributed by atoms with Crippen LogP contribution >= 0.6 is 0 Å². The van der Waals surface area contributed by atoms with E-state index in [4.69, 9.17) is 9.15 Å². The Balaban J connectivity index is 1.60. The Labute approximate surface area is 212 Å². The first-order valence-electron chi connectivity index (χ1n) is 11.1. The van der Waals surface area contributed by atoms with Gasteiger partial charge < -0.3 is 24.1 Å². The molecule has 38 heavy (non-hydrogen) atoms. The van der Waals surface area contributed by atoms with Crippen LogP contribution in [0.15, 0.2) is 88.5 Å². The predicted molar refractivity (Wildman–Crippen MR) is 128 cm³/mol. The lowest BCUT2D eigenvalue weighted by Gasteiger charge is -2.27. The number of alkyl halides is 3. The first kappa shape index (κ1) is 24.8. The molecule has 0 spiro atoms. The van der Waals surface area contributed by atoms with Crippen molar-refractivity contribution in [3.8, 4) is 17.2 Å². The molecule has 0 radical (unpaired) electrons. The van der Waals surface area contributed by atoms with Crippen molar-refractivity contribution in [2.45, 2.75) is 12.4 Å². The van der Waals surface area contributed by atoms with Crippen molar-refractivity contribution in [2.75, 3.05) is 12.0 Å². The molecular formula is C27H18F3NO7. The number of furan rings is 1. The van der Waals surface area contributed by atoms with Crippen LogP contribution in [0.3, 0.4) is 0 Å². The maximum atomic E-state index is 13.7. The Bertz CT molecular complexity index is 1570. The molecule has 1 amide bonds. The molecule has 0 fully saturated rings. The zero-order valence-corrected chi connectivity index (χ0v) is 19.5. The number of rotatable bonds is 6. The lowest BCUT2D eigenvalue weighted by atomic mass is 9.94. The molecule has 1 atom stereocenters. The smallest absolute Gasteiger partial charge is 0.508 e. The second kappa shape index (κ2) is 9.18. The van der Waals surface area contributed by atoms with Gasteiger partial charge in [-0.05, 0) is 54.1 Å². The fraction of sp³-hybridized carbons (Fsp3) is 0.111. The number of Topliss-reactive ketones (excluding diaryl/α,β-unsaturated/α-hetero) is 1. The monoisotopic (exact) mass is 525 g/mol. The summed E-state index contributed by atoms with van der Waals surface area (Å²) in [5, 5.41) is 21.2. The van der Waals surface area contributed by atoms with Gasteiger partial charge in [-0.1, -0.05) is 24.3 Å². The van der Waals surface area contributed by atoms with Gasteiger partial charge >= 0.3 is 6.36 Å². The van der Waals surface area contributed by atoms with E-state index in [1.54, 1.807) is 18.2 Å². The molecular weight excluding hydrogens is 507 g/mol. The normalized spacial score (nSPS) is 15.8. The molecule has 194 valence electrons. The van der Waals surface area contributed by atoms with Gasteiger partial charge in [-0.3, -0.25) is 14.5 Å². The SMILES string of the molecule is COc1cccc2cc(C(=O)C3=C(O)C(=O)N(c4ccc(OC(F)(F)F)cc4)C3c3ccc(O)cc3)oc12. The molecule has 2 N–H and O–H groups in total. The highest BCUT2D eigenvalue weighted by Gasteiger charge is 2.45. The molecule has 1 aromatic heterocycles. The number of halogens is 3. The lowest BCUT2D eigenvalue weighted by molar-refractivity contribution is -0.274. The number of phenolic OH excluding ortho intramolecular Hbond substituents is 1. The van der Waals surface area contributed by atoms with Crippen molar-refractivity contribution in [1.29, 1.82) is 0 Å². The zero-order valence-electron chi connectivity index (χ0n) is 19.5. The number of hydrogen-bond acceptors (Lipinski definition) is 7. The number of para-hydroxylation sites is 1. The molecule has 3 aromatic carbocycles. The second-order valence-electron chi connectivity index (χ2n) is 8.29. The van der Waals surface area contributed by atoms with Crippen LogP contribution in [0.1, 0.15) is 22.2 Å². The number of anilines is 1. The van der Waals surface area contributed by atoms with Crippen LogP contribution in [-0.4, -0.2) is 35.4 Å². The summed E-state index contributed by atoms with van der Waals surface area (Å²) in [4.78, 5) is 28.0. The summed E-state index contributed by atoms with van der Waals surface area (Å²) >= 11 is 0. The molecule has 8 nitrogen and oxygen atoms in total. The highest BCUT2D eigenvalue weighted by atomic mass is 19.4. The van der Waals surface area contributed by atoms with Gasteiger partial charge in [0, 0.05) is 11.1 Å². The van der Waals surface area contributed by atoms with Crippen molar-refractivity contribution >= 4 is 28.3 Å². The number of amides is 1. The number of aromatic hydroxyl groups is 1. The van der Waals surface area contributed by atoms with Crippen LogP contribution in [-0.2, 0) is 4.79 Å². The number of carbonyl (C=O) groups excluding carboxylic acids is 2. The summed E-state index contributed by atoms with van der Waals surface area (Å²) in [6.45, 7) is 0. The van der Waals surface area contributed by atoms with Gasteiger partial charge in [0.05, 0.1) is 18.7 Å². The number of nitrogens with zero attached hydrogens (tertiary/aromatic N) is 1. The number of carbonyl (C=O) groups is 2. The molecule has 0 bridgehead atoms. The molecule has 11 heteroatoms. The summed E-state index contributed by atoms with van der Waals surface area (Å²) < 4.78 is 52.7. The molecule has 0 saturated heterocycles. The largest absolute Gasteiger partial charge is 0.573 e. The molecule has 5 rings (SSSR count). The van der Waals surface area contributed by atoms with Gasteiger partial charge in [0.2, 0.25) is 5.78 Å². The second-order valence-corrected chi connectivity index (χ2v) is 8.29. The van der Waals surface area contributed by atoms with E-state index >= 15 is 0 Å². The average molecular weight is 525 g/mol. The van der Waals surface area contributed by atoms with Gasteiger partial charge in [0.25, 0.3) is 5.91 Å². The van der Waals surface area contributed by atoms with Crippen molar-refractivity contribution < 1.29 is 46.9 Å². The molecule has 1 aliphatic rings. The molecule has 0 aliphatic carbocycles. The van der Waals surface area contributed by atoms with Crippen molar-refractivity contribution in [3.63, 3.8) is 0 Å². The fourth-order valence-corrected chi connectivity index (χ4v) is 4.33. The van der Waals surface area contributed by atoms with Crippen LogP contribution in [0, 0.1) is 0 Å². The number of aliphatic hydroxyl groups excluding tert-OH is 1. The molecule has 0 saturated carbocycles. The van der Waals surface area contributed by atoms with Crippen molar-refractivity contribution in [2.24, 2.45) is 0 Å². The maximum absolute atomic E-state index is 13.7. The van der Waals surface area contributed by atoms with Crippen LogP contribution < -0.4 is 14.4 Å². The van der Waals surface area contributed by atoms with E-state index in [9.17, 15) is 33.0 Å². The maximum Gasteiger partial charge on any atom is 0.573 e. The molecule has 2 heterocycles. The van der Waals surface area contributed by atoms with Gasteiger partial charge in [0.1, 0.15) is 11.5 Å². The quantitative estimate of drug-likeness (QED) is 0.305. The summed E-state index contributed by atoms with van der Waals surface area (Å²) in [5.41, 5.74) is 0.409. The van der Waals surface area contributed by atoms with Gasteiger partial charge in [-0.15, -0.1) is 13.2 Å². The standard InChI is InChI=1S/C27H18F3NO7/c1-36-19-4-2-3-15-13-20(37-25(15)19)23(33)21-22(14-5-9-17(32)10-6-14)31(26(35)24(21)34)16-7-11-18(12-8-16)38-27(28,29)30/h2-13,22,32,34H,1H3. The molecule has 1 unspecified atom stereocenters.